The molecule has 0 aromatic heterocycles. The summed E-state index contributed by atoms with van der Waals surface area (Å²) in [5.41, 5.74) is 0.184. The Bertz CT molecular complexity index is 685. The van der Waals surface area contributed by atoms with Crippen LogP contribution in [0.15, 0.2) is 36.4 Å². The van der Waals surface area contributed by atoms with Crippen LogP contribution in [0.25, 0.3) is 11.1 Å². The Balaban J connectivity index is 2.37. The topological polar surface area (TPSA) is 50.1 Å². The summed E-state index contributed by atoms with van der Waals surface area (Å²) in [6, 6.07) is 9.61. The predicted octanol–water partition coefficient (Wildman–Crippen LogP) is 3.93. The fraction of sp³-hybridized carbons (Fsp3) is 0. The fourth-order valence-corrected chi connectivity index (χ4v) is 1.77. The van der Waals surface area contributed by atoms with Crippen molar-refractivity contribution in [3.8, 4) is 22.9 Å². The smallest absolute Gasteiger partial charge is 0.369 e. The van der Waals surface area contributed by atoms with Crippen molar-refractivity contribution in [1.82, 2.24) is 0 Å². The normalized spacial score (nSPS) is 9.90. The third-order valence-electron chi connectivity index (χ3n) is 2.55. The van der Waals surface area contributed by atoms with Crippen LogP contribution in [0.5, 0.6) is 5.75 Å². The predicted molar refractivity (Wildman–Crippen MR) is 71.5 cm³/mol. The molecule has 0 bridgehead atoms. The standard InChI is InChI=1S/C14H7F2NO2S/c15-12-5-9(6-13(16)11(12)7-17)8-1-3-10(4-2-8)19-14(18)20/h1-6H,(H,18,20). The number of benzene rings is 2. The van der Waals surface area contributed by atoms with Gasteiger partial charge in [0.15, 0.2) is 0 Å². The second kappa shape index (κ2) is 5.72. The average Bonchev–Trinajstić information content (AvgIpc) is 2.38. The van der Waals surface area contributed by atoms with Crippen LogP contribution in [0, 0.1) is 23.0 Å². The van der Waals surface area contributed by atoms with Gasteiger partial charge >= 0.3 is 5.30 Å². The molecule has 2 rings (SSSR count). The minimum Gasteiger partial charge on any atom is -0.419 e. The molecule has 0 unspecified atom stereocenters. The number of ether oxygens (including phenoxy) is 1. The van der Waals surface area contributed by atoms with E-state index in [0.717, 1.165) is 12.1 Å². The van der Waals surface area contributed by atoms with E-state index in [0.29, 0.717) is 5.56 Å². The van der Waals surface area contributed by atoms with Crippen molar-refractivity contribution < 1.29 is 18.3 Å². The van der Waals surface area contributed by atoms with E-state index in [4.69, 9.17) is 10.00 Å². The number of halogens is 2. The number of thiol groups is 1. The van der Waals surface area contributed by atoms with Crippen LogP contribution in [-0.4, -0.2) is 5.30 Å². The van der Waals surface area contributed by atoms with Crippen molar-refractivity contribution in [1.29, 1.82) is 5.26 Å². The van der Waals surface area contributed by atoms with Crippen LogP contribution in [0.3, 0.4) is 0 Å². The van der Waals surface area contributed by atoms with Gasteiger partial charge in [-0.25, -0.2) is 13.6 Å². The summed E-state index contributed by atoms with van der Waals surface area (Å²) in [4.78, 5) is 10.6. The first kappa shape index (κ1) is 14.0. The molecular formula is C14H7F2NO2S. The third-order valence-corrected chi connectivity index (χ3v) is 2.64. The van der Waals surface area contributed by atoms with E-state index in [1.54, 1.807) is 0 Å². The lowest BCUT2D eigenvalue weighted by Gasteiger charge is -2.05. The highest BCUT2D eigenvalue weighted by Crippen LogP contribution is 2.26. The van der Waals surface area contributed by atoms with E-state index in [1.807, 2.05) is 0 Å². The molecule has 0 fully saturated rings. The van der Waals surface area contributed by atoms with E-state index in [1.165, 1.54) is 30.3 Å². The molecule has 0 amide bonds. The molecule has 3 nitrogen and oxygen atoms in total. The van der Waals surface area contributed by atoms with Crippen molar-refractivity contribution in [2.45, 2.75) is 0 Å². The van der Waals surface area contributed by atoms with E-state index in [9.17, 15) is 13.6 Å². The molecule has 2 aromatic rings. The molecule has 0 spiro atoms. The van der Waals surface area contributed by atoms with Gasteiger partial charge in [-0.2, -0.15) is 5.26 Å². The molecule has 6 heteroatoms. The highest BCUT2D eigenvalue weighted by molar-refractivity contribution is 7.96. The Hall–Kier alpha value is -2.39. The summed E-state index contributed by atoms with van der Waals surface area (Å²) in [6.45, 7) is 0. The van der Waals surface area contributed by atoms with Gasteiger partial charge < -0.3 is 4.74 Å². The number of rotatable bonds is 2. The highest BCUT2D eigenvalue weighted by Gasteiger charge is 2.11. The van der Waals surface area contributed by atoms with Crippen LogP contribution in [0.1, 0.15) is 5.56 Å². The summed E-state index contributed by atoms with van der Waals surface area (Å²) in [6.07, 6.45) is 0. The lowest BCUT2D eigenvalue weighted by molar-refractivity contribution is 0.227. The van der Waals surface area contributed by atoms with Crippen LogP contribution in [-0.2, 0) is 0 Å². The average molecular weight is 291 g/mol. The number of carbonyl (C=O) groups excluding carboxylic acids is 1. The largest absolute Gasteiger partial charge is 0.419 e. The molecule has 0 radical (unpaired) electrons. The zero-order valence-electron chi connectivity index (χ0n) is 9.93. The zero-order chi connectivity index (χ0) is 14.7. The van der Waals surface area contributed by atoms with Gasteiger partial charge in [-0.1, -0.05) is 24.8 Å². The third kappa shape index (κ3) is 2.95. The summed E-state index contributed by atoms with van der Waals surface area (Å²) in [7, 11) is 0. The fourth-order valence-electron chi connectivity index (χ4n) is 1.66. The molecule has 0 atom stereocenters. The number of nitrogens with zero attached hydrogens (tertiary/aromatic N) is 1. The quantitative estimate of drug-likeness (QED) is 0.673. The Morgan fingerprint density at radius 1 is 1.10 bits per heavy atom. The van der Waals surface area contributed by atoms with Gasteiger partial charge in [0.05, 0.1) is 0 Å². The lowest BCUT2D eigenvalue weighted by Crippen LogP contribution is -1.96. The summed E-state index contributed by atoms with van der Waals surface area (Å²) >= 11 is 3.46. The van der Waals surface area contributed by atoms with Crippen LogP contribution >= 0.6 is 12.6 Å². The SMILES string of the molecule is N#Cc1c(F)cc(-c2ccc(OC(=O)S)cc2)cc1F. The molecule has 0 aliphatic carbocycles. The van der Waals surface area contributed by atoms with Crippen molar-refractivity contribution >= 4 is 17.9 Å². The van der Waals surface area contributed by atoms with E-state index < -0.39 is 22.5 Å². The second-order valence-corrected chi connectivity index (χ2v) is 4.18. The van der Waals surface area contributed by atoms with Crippen molar-refractivity contribution in [2.24, 2.45) is 0 Å². The first-order valence-corrected chi connectivity index (χ1v) is 5.86. The summed E-state index contributed by atoms with van der Waals surface area (Å²) in [5, 5.41) is 7.84. The molecule has 20 heavy (non-hydrogen) atoms. The molecule has 0 saturated carbocycles. The first-order chi connectivity index (χ1) is 9.51. The van der Waals surface area contributed by atoms with E-state index in [-0.39, 0.29) is 11.3 Å². The van der Waals surface area contributed by atoms with Gasteiger partial charge in [-0.15, -0.1) is 0 Å². The minimum atomic E-state index is -0.923. The lowest BCUT2D eigenvalue weighted by atomic mass is 10.0. The Morgan fingerprint density at radius 3 is 2.10 bits per heavy atom. The Kier molecular flexibility index (Phi) is 4.01. The minimum absolute atomic E-state index is 0.267. The summed E-state index contributed by atoms with van der Waals surface area (Å²) in [5.74, 6) is -1.58. The zero-order valence-corrected chi connectivity index (χ0v) is 10.8. The van der Waals surface area contributed by atoms with Gasteiger partial charge in [-0.3, -0.25) is 0 Å². The highest BCUT2D eigenvalue weighted by atomic mass is 32.1. The molecule has 0 aliphatic rings. The maximum Gasteiger partial charge on any atom is 0.369 e. The number of carbonyl (C=O) groups is 1. The Labute approximate surface area is 118 Å². The van der Waals surface area contributed by atoms with Crippen molar-refractivity contribution in [3.63, 3.8) is 0 Å². The molecule has 0 aliphatic heterocycles. The second-order valence-electron chi connectivity index (χ2n) is 3.82. The maximum atomic E-state index is 13.5. The van der Waals surface area contributed by atoms with Crippen LogP contribution in [0.4, 0.5) is 13.6 Å². The van der Waals surface area contributed by atoms with E-state index in [2.05, 4.69) is 12.6 Å². The molecule has 2 aromatic carbocycles. The molecule has 0 saturated heterocycles. The van der Waals surface area contributed by atoms with E-state index >= 15 is 0 Å². The van der Waals surface area contributed by atoms with Crippen LogP contribution in [0.2, 0.25) is 0 Å². The Morgan fingerprint density at radius 2 is 1.65 bits per heavy atom. The van der Waals surface area contributed by atoms with Gasteiger partial charge in [0, 0.05) is 0 Å². The van der Waals surface area contributed by atoms with Crippen molar-refractivity contribution in [2.75, 3.05) is 0 Å². The molecule has 100 valence electrons. The van der Waals surface area contributed by atoms with Gasteiger partial charge in [-0.05, 0) is 35.4 Å². The van der Waals surface area contributed by atoms with Gasteiger partial charge in [0.1, 0.15) is 29.0 Å². The maximum absolute atomic E-state index is 13.5. The molecule has 0 heterocycles. The number of hydrogen-bond donors (Lipinski definition) is 1. The van der Waals surface area contributed by atoms with Gasteiger partial charge in [0.2, 0.25) is 0 Å². The number of hydrogen-bond acceptors (Lipinski definition) is 3. The number of nitriles is 1. The van der Waals surface area contributed by atoms with Crippen LogP contribution < -0.4 is 4.74 Å². The van der Waals surface area contributed by atoms with Crippen molar-refractivity contribution in [3.05, 3.63) is 53.6 Å². The first-order valence-electron chi connectivity index (χ1n) is 5.41. The molecule has 0 N–H and O–H groups in total. The monoisotopic (exact) mass is 291 g/mol. The molecular weight excluding hydrogens is 284 g/mol. The van der Waals surface area contributed by atoms with Gasteiger partial charge in [0.25, 0.3) is 0 Å². The summed E-state index contributed by atoms with van der Waals surface area (Å²) < 4.78 is 31.7.